The molecule has 0 aromatic carbocycles. The smallest absolute Gasteiger partial charge is 0.240 e. The number of rotatable bonds is 2. The highest BCUT2D eigenvalue weighted by atomic mass is 35.5. The van der Waals surface area contributed by atoms with E-state index in [1.165, 1.54) is 0 Å². The Labute approximate surface area is 77.3 Å². The second kappa shape index (κ2) is 4.10. The number of halogens is 1. The summed E-state index contributed by atoms with van der Waals surface area (Å²) >= 11 is 5.66. The van der Waals surface area contributed by atoms with Gasteiger partial charge in [-0.2, -0.15) is 0 Å². The molecule has 3 nitrogen and oxygen atoms in total. The quantitative estimate of drug-likeness (QED) is 0.650. The number of likely N-dealkylation sites (tertiary alicyclic amines) is 1. The number of carbonyl (C=O) groups excluding carboxylic acids is 1. The first kappa shape index (κ1) is 9.81. The Morgan fingerprint density at radius 1 is 1.83 bits per heavy atom. The molecule has 1 N–H and O–H groups in total. The molecule has 0 aromatic heterocycles. The van der Waals surface area contributed by atoms with Crippen molar-refractivity contribution in [2.45, 2.75) is 31.2 Å². The van der Waals surface area contributed by atoms with E-state index in [9.17, 15) is 4.79 Å². The molecule has 1 amide bonds. The minimum atomic E-state index is -0.475. The fraction of sp³-hybridized carbons (Fsp3) is 0.875. The van der Waals surface area contributed by atoms with E-state index in [2.05, 4.69) is 0 Å². The van der Waals surface area contributed by atoms with E-state index < -0.39 is 5.38 Å². The van der Waals surface area contributed by atoms with E-state index in [-0.39, 0.29) is 18.6 Å². The van der Waals surface area contributed by atoms with Gasteiger partial charge < -0.3 is 10.0 Å². The average Bonchev–Trinajstić information content (AvgIpc) is 2.49. The number of aliphatic hydroxyl groups excluding tert-OH is 1. The van der Waals surface area contributed by atoms with Crippen LogP contribution in [0.15, 0.2) is 0 Å². The van der Waals surface area contributed by atoms with E-state index in [0.717, 1.165) is 19.4 Å². The number of hydrogen-bond acceptors (Lipinski definition) is 2. The first-order chi connectivity index (χ1) is 5.66. The molecule has 1 aliphatic rings. The van der Waals surface area contributed by atoms with Gasteiger partial charge in [-0.3, -0.25) is 4.79 Å². The highest BCUT2D eigenvalue weighted by Gasteiger charge is 2.29. The molecule has 0 aromatic rings. The Kier molecular flexibility index (Phi) is 3.35. The van der Waals surface area contributed by atoms with Crippen LogP contribution < -0.4 is 0 Å². The molecule has 4 heteroatoms. The van der Waals surface area contributed by atoms with Crippen molar-refractivity contribution >= 4 is 17.5 Å². The fourth-order valence-electron chi connectivity index (χ4n) is 1.54. The maximum absolute atomic E-state index is 11.4. The van der Waals surface area contributed by atoms with Crippen LogP contribution in [-0.4, -0.2) is 40.5 Å². The van der Waals surface area contributed by atoms with Gasteiger partial charge in [0, 0.05) is 6.54 Å². The summed E-state index contributed by atoms with van der Waals surface area (Å²) in [5.74, 6) is -0.0618. The lowest BCUT2D eigenvalue weighted by Crippen LogP contribution is -2.41. The van der Waals surface area contributed by atoms with Gasteiger partial charge >= 0.3 is 0 Å². The highest BCUT2D eigenvalue weighted by molar-refractivity contribution is 6.30. The lowest BCUT2D eigenvalue weighted by atomic mass is 10.2. The third-order valence-electron chi connectivity index (χ3n) is 2.21. The molecule has 2 atom stereocenters. The molecule has 0 bridgehead atoms. The van der Waals surface area contributed by atoms with Crippen molar-refractivity contribution in [1.29, 1.82) is 0 Å². The van der Waals surface area contributed by atoms with E-state index in [4.69, 9.17) is 16.7 Å². The Bertz CT molecular complexity index is 172. The van der Waals surface area contributed by atoms with E-state index in [1.54, 1.807) is 11.8 Å². The molecule has 12 heavy (non-hydrogen) atoms. The zero-order valence-corrected chi connectivity index (χ0v) is 7.92. The van der Waals surface area contributed by atoms with Crippen molar-refractivity contribution in [1.82, 2.24) is 4.90 Å². The Morgan fingerprint density at radius 2 is 2.50 bits per heavy atom. The van der Waals surface area contributed by atoms with Crippen LogP contribution in [0.25, 0.3) is 0 Å². The third-order valence-corrected chi connectivity index (χ3v) is 2.40. The van der Waals surface area contributed by atoms with Gasteiger partial charge in [0.1, 0.15) is 5.38 Å². The maximum Gasteiger partial charge on any atom is 0.240 e. The van der Waals surface area contributed by atoms with Gasteiger partial charge in [0.15, 0.2) is 0 Å². The van der Waals surface area contributed by atoms with Gasteiger partial charge in [-0.15, -0.1) is 11.6 Å². The summed E-state index contributed by atoms with van der Waals surface area (Å²) in [7, 11) is 0. The van der Waals surface area contributed by atoms with Crippen molar-refractivity contribution in [2.75, 3.05) is 13.2 Å². The van der Waals surface area contributed by atoms with Crippen molar-refractivity contribution in [3.05, 3.63) is 0 Å². The highest BCUT2D eigenvalue weighted by Crippen LogP contribution is 2.18. The van der Waals surface area contributed by atoms with Gasteiger partial charge in [0.05, 0.1) is 12.6 Å². The topological polar surface area (TPSA) is 40.5 Å². The molecule has 1 fully saturated rings. The van der Waals surface area contributed by atoms with Crippen LogP contribution in [0.1, 0.15) is 19.8 Å². The summed E-state index contributed by atoms with van der Waals surface area (Å²) < 4.78 is 0. The molecule has 70 valence electrons. The number of aliphatic hydroxyl groups is 1. The van der Waals surface area contributed by atoms with Crippen LogP contribution in [0, 0.1) is 0 Å². The molecule has 0 saturated carbocycles. The predicted octanol–water partition coefficient (Wildman–Crippen LogP) is 0.597. The van der Waals surface area contributed by atoms with E-state index >= 15 is 0 Å². The number of hydrogen-bond donors (Lipinski definition) is 1. The maximum atomic E-state index is 11.4. The SMILES string of the molecule is CC(Cl)C(=O)N1CCC[C@@H]1CO. The molecule has 1 aliphatic heterocycles. The Balaban J connectivity index is 2.55. The average molecular weight is 192 g/mol. The summed E-state index contributed by atoms with van der Waals surface area (Å²) in [5.41, 5.74) is 0. The van der Waals surface area contributed by atoms with Crippen molar-refractivity contribution in [3.63, 3.8) is 0 Å². The second-order valence-corrected chi connectivity index (χ2v) is 3.78. The third kappa shape index (κ3) is 1.90. The molecular weight excluding hydrogens is 178 g/mol. The first-order valence-electron chi connectivity index (χ1n) is 4.22. The monoisotopic (exact) mass is 191 g/mol. The van der Waals surface area contributed by atoms with Crippen LogP contribution in [0.5, 0.6) is 0 Å². The summed E-state index contributed by atoms with van der Waals surface area (Å²) in [5, 5.41) is 8.46. The van der Waals surface area contributed by atoms with Gasteiger partial charge in [-0.25, -0.2) is 0 Å². The lowest BCUT2D eigenvalue weighted by molar-refractivity contribution is -0.132. The van der Waals surface area contributed by atoms with Crippen LogP contribution in [-0.2, 0) is 4.79 Å². The molecule has 0 aliphatic carbocycles. The number of nitrogens with zero attached hydrogens (tertiary/aromatic N) is 1. The number of amides is 1. The summed E-state index contributed by atoms with van der Waals surface area (Å²) in [6.45, 7) is 2.45. The molecule has 1 unspecified atom stereocenters. The molecule has 0 spiro atoms. The van der Waals surface area contributed by atoms with Gasteiger partial charge in [0.2, 0.25) is 5.91 Å². The second-order valence-electron chi connectivity index (χ2n) is 3.13. The van der Waals surface area contributed by atoms with Crippen molar-refractivity contribution in [2.24, 2.45) is 0 Å². The molecular formula is C8H14ClNO2. The molecule has 1 heterocycles. The first-order valence-corrected chi connectivity index (χ1v) is 4.66. The molecule has 1 rings (SSSR count). The Hall–Kier alpha value is -0.280. The van der Waals surface area contributed by atoms with Crippen LogP contribution in [0.2, 0.25) is 0 Å². The lowest BCUT2D eigenvalue weighted by Gasteiger charge is -2.23. The fourth-order valence-corrected chi connectivity index (χ4v) is 1.67. The van der Waals surface area contributed by atoms with E-state index in [0.29, 0.717) is 0 Å². The number of carbonyl (C=O) groups is 1. The zero-order chi connectivity index (χ0) is 9.14. The van der Waals surface area contributed by atoms with E-state index in [1.807, 2.05) is 0 Å². The number of alkyl halides is 1. The largest absolute Gasteiger partial charge is 0.394 e. The summed E-state index contributed by atoms with van der Waals surface area (Å²) in [4.78, 5) is 13.1. The molecule has 0 radical (unpaired) electrons. The minimum Gasteiger partial charge on any atom is -0.394 e. The van der Waals surface area contributed by atoms with Gasteiger partial charge in [-0.1, -0.05) is 0 Å². The van der Waals surface area contributed by atoms with Crippen molar-refractivity contribution < 1.29 is 9.90 Å². The van der Waals surface area contributed by atoms with Crippen LogP contribution >= 0.6 is 11.6 Å². The standard InChI is InChI=1S/C8H14ClNO2/c1-6(9)8(12)10-4-2-3-7(10)5-11/h6-7,11H,2-5H2,1H3/t6?,7-/m1/s1. The van der Waals surface area contributed by atoms with Crippen LogP contribution in [0.3, 0.4) is 0 Å². The minimum absolute atomic E-state index is 0.00120. The Morgan fingerprint density at radius 3 is 3.00 bits per heavy atom. The van der Waals surface area contributed by atoms with Gasteiger partial charge in [0.25, 0.3) is 0 Å². The van der Waals surface area contributed by atoms with Crippen molar-refractivity contribution in [3.8, 4) is 0 Å². The normalized spacial score (nSPS) is 25.9. The summed E-state index contributed by atoms with van der Waals surface area (Å²) in [6, 6.07) is -0.00120. The van der Waals surface area contributed by atoms with Crippen LogP contribution in [0.4, 0.5) is 0 Å². The molecule has 1 saturated heterocycles. The summed E-state index contributed by atoms with van der Waals surface area (Å²) in [6.07, 6.45) is 1.87. The zero-order valence-electron chi connectivity index (χ0n) is 7.16. The van der Waals surface area contributed by atoms with Gasteiger partial charge in [-0.05, 0) is 19.8 Å². The predicted molar refractivity (Wildman–Crippen MR) is 47.1 cm³/mol.